The maximum absolute atomic E-state index is 5.09. The molecule has 5 heteroatoms. The third kappa shape index (κ3) is 2.65. The fraction of sp³-hybridized carbons (Fsp3) is 0.571. The monoisotopic (exact) mass is 349 g/mol. The summed E-state index contributed by atoms with van der Waals surface area (Å²) >= 11 is 0. The van der Waals surface area contributed by atoms with Crippen LogP contribution in [0, 0.1) is 5.92 Å². The molecule has 1 aliphatic carbocycles. The molecule has 1 saturated heterocycles. The van der Waals surface area contributed by atoms with E-state index in [-0.39, 0.29) is 0 Å². The number of nitrogens with zero attached hydrogens (tertiary/aromatic N) is 5. The Labute approximate surface area is 154 Å². The molecule has 136 valence electrons. The highest BCUT2D eigenvalue weighted by atomic mass is 15.4. The lowest BCUT2D eigenvalue weighted by molar-refractivity contribution is 0.420. The zero-order valence-corrected chi connectivity index (χ0v) is 15.6. The molecule has 3 heterocycles. The number of piperidine rings is 1. The fourth-order valence-electron chi connectivity index (χ4n) is 4.63. The molecule has 5 nitrogen and oxygen atoms in total. The van der Waals surface area contributed by atoms with E-state index in [1.54, 1.807) is 0 Å². The Morgan fingerprint density at radius 2 is 1.69 bits per heavy atom. The van der Waals surface area contributed by atoms with E-state index in [0.29, 0.717) is 5.92 Å². The topological polar surface area (TPSA) is 46.3 Å². The van der Waals surface area contributed by atoms with Crippen molar-refractivity contribution in [3.63, 3.8) is 0 Å². The number of benzene rings is 1. The molecule has 1 aliphatic heterocycles. The number of hydrogen-bond donors (Lipinski definition) is 0. The molecular weight excluding hydrogens is 322 g/mol. The smallest absolute Gasteiger partial charge is 0.213 e. The van der Waals surface area contributed by atoms with E-state index in [2.05, 4.69) is 50.7 Å². The van der Waals surface area contributed by atoms with Crippen molar-refractivity contribution in [2.24, 2.45) is 5.92 Å². The van der Waals surface area contributed by atoms with Gasteiger partial charge in [-0.25, -0.2) is 9.38 Å². The van der Waals surface area contributed by atoms with Gasteiger partial charge in [0.15, 0.2) is 5.65 Å². The second-order valence-electron chi connectivity index (χ2n) is 8.15. The van der Waals surface area contributed by atoms with Gasteiger partial charge in [-0.2, -0.15) is 0 Å². The number of anilines is 1. The van der Waals surface area contributed by atoms with E-state index >= 15 is 0 Å². The second-order valence-corrected chi connectivity index (χ2v) is 8.15. The van der Waals surface area contributed by atoms with Gasteiger partial charge in [-0.05, 0) is 43.7 Å². The van der Waals surface area contributed by atoms with Crippen LogP contribution in [0.25, 0.3) is 16.6 Å². The van der Waals surface area contributed by atoms with E-state index in [4.69, 9.17) is 4.98 Å². The Balaban J connectivity index is 1.70. The quantitative estimate of drug-likeness (QED) is 0.680. The molecule has 0 atom stereocenters. The van der Waals surface area contributed by atoms with Crippen LogP contribution in [0.1, 0.15) is 63.6 Å². The van der Waals surface area contributed by atoms with E-state index in [1.165, 1.54) is 44.9 Å². The maximum atomic E-state index is 5.09. The first-order valence-corrected chi connectivity index (χ1v) is 10.2. The molecule has 0 bridgehead atoms. The predicted octanol–water partition coefficient (Wildman–Crippen LogP) is 4.56. The summed E-state index contributed by atoms with van der Waals surface area (Å²) in [4.78, 5) is 7.54. The van der Waals surface area contributed by atoms with Crippen LogP contribution in [0.3, 0.4) is 0 Å². The van der Waals surface area contributed by atoms with Gasteiger partial charge in [0.05, 0.1) is 5.52 Å². The summed E-state index contributed by atoms with van der Waals surface area (Å²) < 4.78 is 2.29. The molecule has 2 aromatic heterocycles. The molecule has 5 rings (SSSR count). The van der Waals surface area contributed by atoms with Crippen molar-refractivity contribution in [2.75, 3.05) is 18.0 Å². The van der Waals surface area contributed by atoms with Crippen molar-refractivity contribution in [3.8, 4) is 0 Å². The third-order valence-electron chi connectivity index (χ3n) is 6.29. The molecule has 0 N–H and O–H groups in total. The lowest BCUT2D eigenvalue weighted by Crippen LogP contribution is -2.35. The molecule has 0 radical (unpaired) electrons. The minimum absolute atomic E-state index is 0.518. The number of fused-ring (bicyclic) bond motifs is 3. The number of rotatable bonds is 2. The minimum Gasteiger partial charge on any atom is -0.342 e. The van der Waals surface area contributed by atoms with E-state index in [1.807, 2.05) is 0 Å². The Morgan fingerprint density at radius 3 is 2.50 bits per heavy atom. The number of aromatic nitrogens is 4. The fourth-order valence-corrected chi connectivity index (χ4v) is 4.63. The van der Waals surface area contributed by atoms with Crippen molar-refractivity contribution in [3.05, 3.63) is 30.1 Å². The molecule has 1 saturated carbocycles. The van der Waals surface area contributed by atoms with Crippen LogP contribution in [-0.2, 0) is 0 Å². The van der Waals surface area contributed by atoms with Gasteiger partial charge in [0.2, 0.25) is 5.95 Å². The van der Waals surface area contributed by atoms with Gasteiger partial charge < -0.3 is 4.90 Å². The summed E-state index contributed by atoms with van der Waals surface area (Å²) in [5.74, 6) is 3.51. The first-order chi connectivity index (χ1) is 12.8. The molecule has 0 unspecified atom stereocenters. The zero-order chi connectivity index (χ0) is 17.5. The van der Waals surface area contributed by atoms with E-state index in [9.17, 15) is 0 Å². The minimum atomic E-state index is 0.518. The van der Waals surface area contributed by atoms with Crippen LogP contribution in [-0.4, -0.2) is 32.7 Å². The van der Waals surface area contributed by atoms with Gasteiger partial charge in [-0.3, -0.25) is 0 Å². The number of para-hydroxylation sites is 1. The second kappa shape index (κ2) is 6.53. The van der Waals surface area contributed by atoms with Crippen LogP contribution in [0.5, 0.6) is 0 Å². The molecule has 2 aliphatic rings. The highest BCUT2D eigenvalue weighted by Gasteiger charge is 2.27. The Hall–Kier alpha value is -2.17. The Morgan fingerprint density at radius 1 is 0.923 bits per heavy atom. The van der Waals surface area contributed by atoms with Crippen molar-refractivity contribution in [1.29, 1.82) is 0 Å². The van der Waals surface area contributed by atoms with E-state index in [0.717, 1.165) is 47.3 Å². The van der Waals surface area contributed by atoms with Crippen LogP contribution in [0.2, 0.25) is 0 Å². The first kappa shape index (κ1) is 16.0. The standard InChI is InChI=1S/C21H27N5/c1-15-11-13-25(14-12-15)21-22-18-10-6-5-9-17(18)20-24-23-19(26(20)21)16-7-3-2-4-8-16/h5-6,9-10,15-16H,2-4,7-8,11-14H2,1H3. The molecule has 0 amide bonds. The average molecular weight is 349 g/mol. The van der Waals surface area contributed by atoms with Crippen molar-refractivity contribution in [1.82, 2.24) is 19.6 Å². The molecule has 3 aromatic rings. The molecule has 26 heavy (non-hydrogen) atoms. The van der Waals surface area contributed by atoms with Crippen LogP contribution >= 0.6 is 0 Å². The van der Waals surface area contributed by atoms with Crippen molar-refractivity contribution >= 4 is 22.5 Å². The predicted molar refractivity (Wildman–Crippen MR) is 105 cm³/mol. The van der Waals surface area contributed by atoms with Gasteiger partial charge in [0, 0.05) is 24.4 Å². The summed E-state index contributed by atoms with van der Waals surface area (Å²) in [6, 6.07) is 8.35. The number of hydrogen-bond acceptors (Lipinski definition) is 4. The lowest BCUT2D eigenvalue weighted by Gasteiger charge is -2.32. The Kier molecular flexibility index (Phi) is 4.03. The lowest BCUT2D eigenvalue weighted by atomic mass is 9.89. The Bertz CT molecular complexity index is 917. The largest absolute Gasteiger partial charge is 0.342 e. The summed E-state index contributed by atoms with van der Waals surface area (Å²) in [6.45, 7) is 4.50. The summed E-state index contributed by atoms with van der Waals surface area (Å²) in [7, 11) is 0. The third-order valence-corrected chi connectivity index (χ3v) is 6.29. The van der Waals surface area contributed by atoms with E-state index < -0.39 is 0 Å². The van der Waals surface area contributed by atoms with Crippen molar-refractivity contribution in [2.45, 2.75) is 57.8 Å². The SMILES string of the molecule is CC1CCN(c2nc3ccccc3c3nnc(C4CCCCC4)n23)CC1. The summed E-state index contributed by atoms with van der Waals surface area (Å²) in [6.07, 6.45) is 8.88. The van der Waals surface area contributed by atoms with Gasteiger partial charge in [0.1, 0.15) is 5.82 Å². The van der Waals surface area contributed by atoms with Gasteiger partial charge in [0.25, 0.3) is 0 Å². The molecule has 1 aromatic carbocycles. The van der Waals surface area contributed by atoms with Gasteiger partial charge >= 0.3 is 0 Å². The first-order valence-electron chi connectivity index (χ1n) is 10.2. The summed E-state index contributed by atoms with van der Waals surface area (Å²) in [5.41, 5.74) is 2.00. The average Bonchev–Trinajstić information content (AvgIpc) is 3.14. The normalized spacial score (nSPS) is 20.3. The van der Waals surface area contributed by atoms with Crippen LogP contribution < -0.4 is 4.90 Å². The molecular formula is C21H27N5. The molecule has 2 fully saturated rings. The maximum Gasteiger partial charge on any atom is 0.213 e. The highest BCUT2D eigenvalue weighted by molar-refractivity contribution is 5.92. The van der Waals surface area contributed by atoms with Crippen LogP contribution in [0.15, 0.2) is 24.3 Å². The summed E-state index contributed by atoms with van der Waals surface area (Å²) in [5, 5.41) is 10.4. The molecule has 0 spiro atoms. The van der Waals surface area contributed by atoms with Gasteiger partial charge in [-0.15, -0.1) is 10.2 Å². The van der Waals surface area contributed by atoms with Crippen LogP contribution in [0.4, 0.5) is 5.95 Å². The van der Waals surface area contributed by atoms with Gasteiger partial charge in [-0.1, -0.05) is 38.3 Å². The zero-order valence-electron chi connectivity index (χ0n) is 15.6. The highest BCUT2D eigenvalue weighted by Crippen LogP contribution is 2.35. The van der Waals surface area contributed by atoms with Crippen molar-refractivity contribution < 1.29 is 0 Å².